The Morgan fingerprint density at radius 3 is 2.36 bits per heavy atom. The van der Waals surface area contributed by atoms with E-state index in [9.17, 15) is 14.7 Å². The number of rotatable bonds is 6. The first-order valence-electron chi connectivity index (χ1n) is 10.00. The monoisotopic (exact) mass is 450 g/mol. The first-order chi connectivity index (χ1) is 15.9. The smallest absolute Gasteiger partial charge is 0.301 e. The summed E-state index contributed by atoms with van der Waals surface area (Å²) in [7, 11) is 4.46. The molecule has 1 saturated heterocycles. The third kappa shape index (κ3) is 3.78. The van der Waals surface area contributed by atoms with Crippen molar-refractivity contribution < 1.29 is 33.4 Å². The molecule has 0 saturated carbocycles. The number of amides is 1. The predicted molar refractivity (Wildman–Crippen MR) is 119 cm³/mol. The summed E-state index contributed by atoms with van der Waals surface area (Å²) < 4.78 is 21.2. The summed E-state index contributed by atoms with van der Waals surface area (Å²) in [5.41, 5.74) is 0.622. The molecule has 1 aliphatic heterocycles. The Morgan fingerprint density at radius 1 is 1.00 bits per heavy atom. The number of hydrogen-bond acceptors (Lipinski definition) is 8. The second-order valence-corrected chi connectivity index (χ2v) is 7.30. The van der Waals surface area contributed by atoms with E-state index >= 15 is 0 Å². The first kappa shape index (κ1) is 21.9. The molecule has 2 heterocycles. The molecule has 1 amide bonds. The van der Waals surface area contributed by atoms with Gasteiger partial charge in [0.05, 0.1) is 26.9 Å². The number of Topliss-reactive ketones (excluding diaryl/α,β-unsaturated/α-hetero) is 1. The van der Waals surface area contributed by atoms with Crippen molar-refractivity contribution in [3.05, 3.63) is 71.0 Å². The minimum atomic E-state index is -1.05. The van der Waals surface area contributed by atoms with Crippen LogP contribution in [0.2, 0.25) is 0 Å². The summed E-state index contributed by atoms with van der Waals surface area (Å²) in [6, 6.07) is 12.1. The predicted octanol–water partition coefficient (Wildman–Crippen LogP) is 3.64. The summed E-state index contributed by atoms with van der Waals surface area (Å²) >= 11 is 0. The van der Waals surface area contributed by atoms with Crippen LogP contribution in [0, 0.1) is 6.92 Å². The van der Waals surface area contributed by atoms with Gasteiger partial charge in [0.25, 0.3) is 5.78 Å². The van der Waals surface area contributed by atoms with Gasteiger partial charge < -0.3 is 23.8 Å². The van der Waals surface area contributed by atoms with Gasteiger partial charge in [-0.05, 0) is 37.3 Å². The molecule has 4 rings (SSSR count). The highest BCUT2D eigenvalue weighted by Gasteiger charge is 2.49. The molecule has 1 aliphatic rings. The molecule has 9 heteroatoms. The second-order valence-electron chi connectivity index (χ2n) is 7.30. The van der Waals surface area contributed by atoms with E-state index in [-0.39, 0.29) is 17.2 Å². The number of nitrogens with zero attached hydrogens (tertiary/aromatic N) is 2. The fourth-order valence-corrected chi connectivity index (χ4v) is 3.81. The average Bonchev–Trinajstić information content (AvgIpc) is 3.38. The van der Waals surface area contributed by atoms with Crippen molar-refractivity contribution in [2.75, 3.05) is 26.2 Å². The number of ether oxygens (including phenoxy) is 3. The maximum Gasteiger partial charge on any atom is 0.301 e. The van der Waals surface area contributed by atoms with Crippen LogP contribution in [0.5, 0.6) is 17.2 Å². The SMILES string of the molecule is COc1cccc(/C(O)=C2\C(=O)C(=O)N(c3cc(C)on3)[C@@H]2c2cc(OC)ccc2OC)c1. The topological polar surface area (TPSA) is 111 Å². The van der Waals surface area contributed by atoms with Crippen molar-refractivity contribution in [3.8, 4) is 17.2 Å². The van der Waals surface area contributed by atoms with E-state index in [1.807, 2.05) is 0 Å². The van der Waals surface area contributed by atoms with Gasteiger partial charge in [-0.3, -0.25) is 14.5 Å². The molecule has 1 atom stereocenters. The van der Waals surface area contributed by atoms with E-state index in [0.29, 0.717) is 34.1 Å². The van der Waals surface area contributed by atoms with Gasteiger partial charge in [0.2, 0.25) is 0 Å². The lowest BCUT2D eigenvalue weighted by atomic mass is 9.94. The van der Waals surface area contributed by atoms with E-state index in [4.69, 9.17) is 18.7 Å². The van der Waals surface area contributed by atoms with Crippen molar-refractivity contribution in [3.63, 3.8) is 0 Å². The summed E-state index contributed by atoms with van der Waals surface area (Å²) in [5, 5.41) is 15.2. The molecule has 3 aromatic rings. The van der Waals surface area contributed by atoms with Gasteiger partial charge in [0, 0.05) is 17.2 Å². The molecule has 1 N–H and O–H groups in total. The summed E-state index contributed by atoms with van der Waals surface area (Å²) in [6.07, 6.45) is 0. The van der Waals surface area contributed by atoms with Crippen LogP contribution in [0.1, 0.15) is 22.9 Å². The average molecular weight is 450 g/mol. The Bertz CT molecular complexity index is 1260. The number of carbonyl (C=O) groups excluding carboxylic acids is 2. The maximum atomic E-state index is 13.2. The van der Waals surface area contributed by atoms with Crippen molar-refractivity contribution in [1.29, 1.82) is 0 Å². The van der Waals surface area contributed by atoms with Crippen LogP contribution in [-0.2, 0) is 9.59 Å². The lowest BCUT2D eigenvalue weighted by molar-refractivity contribution is -0.132. The highest BCUT2D eigenvalue weighted by Crippen LogP contribution is 2.45. The Morgan fingerprint density at radius 2 is 1.73 bits per heavy atom. The second kappa shape index (κ2) is 8.70. The van der Waals surface area contributed by atoms with Gasteiger partial charge in [-0.2, -0.15) is 0 Å². The molecule has 1 fully saturated rings. The van der Waals surface area contributed by atoms with Gasteiger partial charge in [-0.1, -0.05) is 17.3 Å². The van der Waals surface area contributed by atoms with Crippen LogP contribution in [0.25, 0.3) is 5.76 Å². The van der Waals surface area contributed by atoms with Crippen LogP contribution >= 0.6 is 0 Å². The van der Waals surface area contributed by atoms with Gasteiger partial charge in [0.15, 0.2) is 5.82 Å². The molecule has 33 heavy (non-hydrogen) atoms. The van der Waals surface area contributed by atoms with E-state index in [1.54, 1.807) is 49.4 Å². The molecule has 0 spiro atoms. The quantitative estimate of drug-likeness (QED) is 0.344. The zero-order valence-electron chi connectivity index (χ0n) is 18.5. The lowest BCUT2D eigenvalue weighted by Gasteiger charge is -2.24. The van der Waals surface area contributed by atoms with E-state index in [1.165, 1.54) is 32.3 Å². The number of methoxy groups -OCH3 is 3. The van der Waals surface area contributed by atoms with Gasteiger partial charge >= 0.3 is 5.91 Å². The highest BCUT2D eigenvalue weighted by atomic mass is 16.5. The minimum Gasteiger partial charge on any atom is -0.507 e. The number of benzene rings is 2. The Hall–Kier alpha value is -4.27. The molecule has 0 bridgehead atoms. The third-order valence-corrected chi connectivity index (χ3v) is 5.38. The zero-order valence-corrected chi connectivity index (χ0v) is 18.5. The number of anilines is 1. The van der Waals surface area contributed by atoms with E-state index in [0.717, 1.165) is 0 Å². The van der Waals surface area contributed by atoms with Crippen molar-refractivity contribution in [1.82, 2.24) is 5.16 Å². The molecule has 0 unspecified atom stereocenters. The molecule has 0 radical (unpaired) electrons. The first-order valence-corrected chi connectivity index (χ1v) is 10.00. The molecule has 0 aliphatic carbocycles. The largest absolute Gasteiger partial charge is 0.507 e. The number of carbonyl (C=O) groups is 2. The molecular formula is C24H22N2O7. The zero-order chi connectivity index (χ0) is 23.7. The Labute approximate surface area is 189 Å². The molecular weight excluding hydrogens is 428 g/mol. The number of aromatic nitrogens is 1. The van der Waals surface area contributed by atoms with Gasteiger partial charge in [-0.25, -0.2) is 0 Å². The fraction of sp³-hybridized carbons (Fsp3) is 0.208. The van der Waals surface area contributed by atoms with Crippen molar-refractivity contribution >= 4 is 23.3 Å². The van der Waals surface area contributed by atoms with Crippen LogP contribution in [0.3, 0.4) is 0 Å². The third-order valence-electron chi connectivity index (χ3n) is 5.38. The van der Waals surface area contributed by atoms with Crippen LogP contribution < -0.4 is 19.1 Å². The van der Waals surface area contributed by atoms with E-state index < -0.39 is 17.7 Å². The lowest BCUT2D eigenvalue weighted by Crippen LogP contribution is -2.30. The minimum absolute atomic E-state index is 0.125. The molecule has 2 aromatic carbocycles. The molecule has 170 valence electrons. The van der Waals surface area contributed by atoms with Gasteiger partial charge in [0.1, 0.15) is 34.8 Å². The number of aliphatic hydroxyl groups excluding tert-OH is 1. The number of ketones is 1. The van der Waals surface area contributed by atoms with Crippen LogP contribution in [-0.4, -0.2) is 43.3 Å². The molecule has 9 nitrogen and oxygen atoms in total. The highest BCUT2D eigenvalue weighted by molar-refractivity contribution is 6.51. The summed E-state index contributed by atoms with van der Waals surface area (Å²) in [6.45, 7) is 1.67. The van der Waals surface area contributed by atoms with Crippen molar-refractivity contribution in [2.24, 2.45) is 0 Å². The molecule has 1 aromatic heterocycles. The van der Waals surface area contributed by atoms with Crippen LogP contribution in [0.4, 0.5) is 5.82 Å². The Kier molecular flexibility index (Phi) is 5.78. The van der Waals surface area contributed by atoms with E-state index in [2.05, 4.69) is 5.16 Å². The van der Waals surface area contributed by atoms with Crippen LogP contribution in [0.15, 0.2) is 58.6 Å². The summed E-state index contributed by atoms with van der Waals surface area (Å²) in [4.78, 5) is 27.6. The van der Waals surface area contributed by atoms with Crippen molar-refractivity contribution in [2.45, 2.75) is 13.0 Å². The fourth-order valence-electron chi connectivity index (χ4n) is 3.81. The Balaban J connectivity index is 2.00. The summed E-state index contributed by atoms with van der Waals surface area (Å²) in [5.74, 6) is -0.141. The van der Waals surface area contributed by atoms with Gasteiger partial charge in [-0.15, -0.1) is 0 Å². The number of aryl methyl sites for hydroxylation is 1. The standard InChI is InChI=1S/C24H22N2O7/c1-13-10-19(25-33-13)26-21(17-12-16(31-3)8-9-18(17)32-4)20(23(28)24(26)29)22(27)14-6-5-7-15(11-14)30-2/h5-12,21,27H,1-4H3/b22-20+/t21-/m1/s1. The number of hydrogen-bond donors (Lipinski definition) is 1. The normalized spacial score (nSPS) is 17.3. The number of aliphatic hydroxyl groups is 1. The maximum absolute atomic E-state index is 13.2.